The lowest BCUT2D eigenvalue weighted by molar-refractivity contribution is -0.127. The molecule has 0 bridgehead atoms. The summed E-state index contributed by atoms with van der Waals surface area (Å²) in [4.78, 5) is 20.2. The normalized spacial score (nSPS) is 15.8. The highest BCUT2D eigenvalue weighted by Crippen LogP contribution is 2.33. The molecule has 0 saturated carbocycles. The first-order valence-electron chi connectivity index (χ1n) is 13.4. The Morgan fingerprint density at radius 3 is 2.65 bits per heavy atom. The number of hydrogen-bond donors (Lipinski definition) is 3. The van der Waals surface area contributed by atoms with Crippen molar-refractivity contribution in [1.82, 2.24) is 25.4 Å². The second-order valence-electron chi connectivity index (χ2n) is 10.6. The van der Waals surface area contributed by atoms with Crippen LogP contribution in [0.2, 0.25) is 0 Å². The van der Waals surface area contributed by atoms with Crippen LogP contribution in [-0.4, -0.2) is 51.2 Å². The van der Waals surface area contributed by atoms with Crippen LogP contribution in [0.1, 0.15) is 32.4 Å². The van der Waals surface area contributed by atoms with Gasteiger partial charge in [0.25, 0.3) is 5.91 Å². The number of aromatic nitrogens is 3. The number of nitrogens with one attached hydrogen (secondary N) is 2. The minimum atomic E-state index is -0.473. The maximum Gasteiger partial charge on any atom is 0.264 e. The van der Waals surface area contributed by atoms with Crippen LogP contribution in [0.15, 0.2) is 72.3 Å². The summed E-state index contributed by atoms with van der Waals surface area (Å²) in [5, 5.41) is 20.9. The Balaban J connectivity index is 1.42. The van der Waals surface area contributed by atoms with Crippen molar-refractivity contribution >= 4 is 22.6 Å². The molecule has 40 heavy (non-hydrogen) atoms. The highest BCUT2D eigenvalue weighted by atomic mass is 16.5. The summed E-state index contributed by atoms with van der Waals surface area (Å²) in [5.41, 5.74) is 9.10. The van der Waals surface area contributed by atoms with Gasteiger partial charge in [-0.3, -0.25) is 14.9 Å². The average Bonchev–Trinajstić information content (AvgIpc) is 3.58. The minimum absolute atomic E-state index is 0.0679. The molecule has 1 amide bonds. The van der Waals surface area contributed by atoms with E-state index in [1.807, 2.05) is 79.4 Å². The van der Waals surface area contributed by atoms with Crippen molar-refractivity contribution in [3.63, 3.8) is 0 Å². The number of nitriles is 1. The number of nitrogens with zero attached hydrogens (tertiary/aromatic N) is 4. The van der Waals surface area contributed by atoms with E-state index in [-0.39, 0.29) is 17.5 Å². The van der Waals surface area contributed by atoms with Crippen molar-refractivity contribution < 1.29 is 9.53 Å². The maximum absolute atomic E-state index is 13.4. The number of pyridine rings is 1. The number of benzene rings is 2. The largest absolute Gasteiger partial charge is 0.457 e. The third-order valence-corrected chi connectivity index (χ3v) is 7.32. The quantitative estimate of drug-likeness (QED) is 0.214. The van der Waals surface area contributed by atoms with Crippen LogP contribution < -0.4 is 15.8 Å². The van der Waals surface area contributed by atoms with Gasteiger partial charge in [-0.15, -0.1) is 0 Å². The van der Waals surface area contributed by atoms with Crippen molar-refractivity contribution in [2.75, 3.05) is 19.3 Å². The summed E-state index contributed by atoms with van der Waals surface area (Å²) in [6.07, 6.45) is 3.97. The zero-order valence-corrected chi connectivity index (χ0v) is 22.9. The molecule has 1 atom stereocenters. The highest BCUT2D eigenvalue weighted by Gasteiger charge is 2.32. The number of amides is 1. The van der Waals surface area contributed by atoms with Gasteiger partial charge in [0.1, 0.15) is 23.1 Å². The number of aromatic amines is 1. The molecule has 2 aromatic carbocycles. The van der Waals surface area contributed by atoms with Crippen molar-refractivity contribution in [2.45, 2.75) is 44.7 Å². The maximum atomic E-state index is 13.4. The van der Waals surface area contributed by atoms with Gasteiger partial charge in [-0.1, -0.05) is 18.2 Å². The van der Waals surface area contributed by atoms with Gasteiger partial charge in [0, 0.05) is 35.8 Å². The number of para-hydroxylation sites is 1. The zero-order valence-electron chi connectivity index (χ0n) is 22.9. The Bertz CT molecular complexity index is 1580. The van der Waals surface area contributed by atoms with Crippen molar-refractivity contribution in [3.8, 4) is 28.8 Å². The van der Waals surface area contributed by atoms with Crippen LogP contribution in [0.3, 0.4) is 0 Å². The lowest BCUT2D eigenvalue weighted by atomic mass is 10.0. The standard InChI is InChI=1S/C31H33N7O2/c1-31(2,34-3)18-21(19-32)30(39)38-15-7-8-23(38)16-22-17-26-27(29(33)37-36-26)28(35-22)20-11-13-25(14-12-20)40-24-9-5-4-6-10-24/h4-6,9-14,17-18,23,34H,7-8,15-16H2,1-3H3,(H3,33,36,37)/b21-18-/t23-/m0/s1. The number of anilines is 1. The Kier molecular flexibility index (Phi) is 7.54. The van der Waals surface area contributed by atoms with Crippen LogP contribution in [0.25, 0.3) is 22.2 Å². The first kappa shape index (κ1) is 26.9. The van der Waals surface area contributed by atoms with Crippen LogP contribution in [-0.2, 0) is 11.2 Å². The summed E-state index contributed by atoms with van der Waals surface area (Å²) >= 11 is 0. The average molecular weight is 536 g/mol. The Hall–Kier alpha value is -4.68. The van der Waals surface area contributed by atoms with E-state index in [9.17, 15) is 10.1 Å². The number of fused-ring (bicyclic) bond motifs is 1. The van der Waals surface area contributed by atoms with Crippen LogP contribution in [0.4, 0.5) is 5.82 Å². The lowest BCUT2D eigenvalue weighted by Gasteiger charge is -2.26. The molecule has 0 spiro atoms. The molecule has 3 heterocycles. The number of nitrogen functional groups attached to an aromatic ring is 1. The monoisotopic (exact) mass is 535 g/mol. The van der Waals surface area contributed by atoms with Crippen molar-refractivity contribution in [3.05, 3.63) is 78.0 Å². The minimum Gasteiger partial charge on any atom is -0.457 e. The molecule has 1 fully saturated rings. The number of H-pyrrole nitrogens is 1. The van der Waals surface area contributed by atoms with E-state index in [1.165, 1.54) is 0 Å². The number of nitrogens with two attached hydrogens (primary N) is 1. The molecule has 4 aromatic rings. The highest BCUT2D eigenvalue weighted by molar-refractivity contribution is 6.00. The molecule has 5 rings (SSSR count). The second kappa shape index (κ2) is 11.2. The number of likely N-dealkylation sites (N-methyl/N-ethyl adjacent to an activating group) is 1. The first-order chi connectivity index (χ1) is 19.3. The third kappa shape index (κ3) is 5.67. The molecule has 204 valence electrons. The fourth-order valence-electron chi connectivity index (χ4n) is 5.03. The molecule has 1 aliphatic heterocycles. The van der Waals surface area contributed by atoms with Gasteiger partial charge in [0.05, 0.1) is 16.6 Å². The van der Waals surface area contributed by atoms with Gasteiger partial charge in [0.15, 0.2) is 5.82 Å². The SMILES string of the molecule is CNC(C)(C)/C=C(/C#N)C(=O)N1CCC[C@H]1Cc1cc2[nH]nc(N)c2c(-c2ccc(Oc3ccccc3)cc2)n1. The van der Waals surface area contributed by atoms with Crippen molar-refractivity contribution in [1.29, 1.82) is 5.26 Å². The van der Waals surface area contributed by atoms with Gasteiger partial charge in [-0.2, -0.15) is 10.4 Å². The molecule has 9 nitrogen and oxygen atoms in total. The van der Waals surface area contributed by atoms with Gasteiger partial charge < -0.3 is 20.7 Å². The summed E-state index contributed by atoms with van der Waals surface area (Å²) < 4.78 is 5.95. The smallest absolute Gasteiger partial charge is 0.264 e. The van der Waals surface area contributed by atoms with E-state index < -0.39 is 5.54 Å². The Morgan fingerprint density at radius 2 is 1.95 bits per heavy atom. The van der Waals surface area contributed by atoms with E-state index in [0.29, 0.717) is 30.2 Å². The van der Waals surface area contributed by atoms with Gasteiger partial charge in [-0.25, -0.2) is 0 Å². The molecule has 2 aromatic heterocycles. The number of hydrogen-bond acceptors (Lipinski definition) is 7. The van der Waals surface area contributed by atoms with E-state index in [2.05, 4.69) is 21.6 Å². The summed E-state index contributed by atoms with van der Waals surface area (Å²) in [6.45, 7) is 4.46. The number of carbonyl (C=O) groups excluding carboxylic acids is 1. The Labute approximate surface area is 233 Å². The van der Waals surface area contributed by atoms with E-state index >= 15 is 0 Å². The van der Waals surface area contributed by atoms with Crippen LogP contribution in [0.5, 0.6) is 11.5 Å². The molecule has 1 aliphatic rings. The van der Waals surface area contributed by atoms with Crippen molar-refractivity contribution in [2.24, 2.45) is 0 Å². The van der Waals surface area contributed by atoms with Crippen LogP contribution >= 0.6 is 0 Å². The fourth-order valence-corrected chi connectivity index (χ4v) is 5.03. The molecule has 0 unspecified atom stereocenters. The lowest BCUT2D eigenvalue weighted by Crippen LogP contribution is -2.40. The van der Waals surface area contributed by atoms with E-state index in [4.69, 9.17) is 15.5 Å². The number of carbonyl (C=O) groups is 1. The fraction of sp³-hybridized carbons (Fsp3) is 0.290. The molecule has 9 heteroatoms. The number of likely N-dealkylation sites (tertiary alicyclic amines) is 1. The van der Waals surface area contributed by atoms with Gasteiger partial charge >= 0.3 is 0 Å². The molecular formula is C31H33N7O2. The second-order valence-corrected chi connectivity index (χ2v) is 10.6. The first-order valence-corrected chi connectivity index (χ1v) is 13.4. The number of rotatable bonds is 8. The zero-order chi connectivity index (χ0) is 28.3. The predicted molar refractivity (Wildman–Crippen MR) is 156 cm³/mol. The summed E-state index contributed by atoms with van der Waals surface area (Å²) in [6, 6.07) is 21.3. The van der Waals surface area contributed by atoms with E-state index in [1.54, 1.807) is 13.1 Å². The predicted octanol–water partition coefficient (Wildman–Crippen LogP) is 4.98. The number of ether oxygens (including phenoxy) is 1. The van der Waals surface area contributed by atoms with Gasteiger partial charge in [-0.05, 0) is 82.3 Å². The third-order valence-electron chi connectivity index (χ3n) is 7.32. The molecular weight excluding hydrogens is 502 g/mol. The van der Waals surface area contributed by atoms with Gasteiger partial charge in [0.2, 0.25) is 0 Å². The molecule has 4 N–H and O–H groups in total. The molecule has 0 radical (unpaired) electrons. The topological polar surface area (TPSA) is 133 Å². The van der Waals surface area contributed by atoms with Crippen LogP contribution in [0, 0.1) is 11.3 Å². The molecule has 0 aliphatic carbocycles. The summed E-state index contributed by atoms with van der Waals surface area (Å²) in [7, 11) is 1.81. The van der Waals surface area contributed by atoms with E-state index in [0.717, 1.165) is 40.8 Å². The molecule has 1 saturated heterocycles. The Morgan fingerprint density at radius 1 is 1.23 bits per heavy atom. The summed E-state index contributed by atoms with van der Waals surface area (Å²) in [5.74, 6) is 1.61.